The van der Waals surface area contributed by atoms with E-state index >= 15 is 0 Å². The van der Waals surface area contributed by atoms with Crippen LogP contribution in [0.25, 0.3) is 0 Å². The van der Waals surface area contributed by atoms with Gasteiger partial charge in [-0.25, -0.2) is 4.98 Å². The molecule has 0 aliphatic rings. The Morgan fingerprint density at radius 3 is 2.61 bits per heavy atom. The third-order valence-corrected chi connectivity index (χ3v) is 3.31. The Bertz CT molecular complexity index is 328. The van der Waals surface area contributed by atoms with Crippen LogP contribution in [0.3, 0.4) is 0 Å². The first kappa shape index (κ1) is 15.2. The van der Waals surface area contributed by atoms with Crippen LogP contribution in [-0.4, -0.2) is 15.6 Å². The molecule has 1 rings (SSSR count). The second-order valence-electron chi connectivity index (χ2n) is 5.40. The lowest BCUT2D eigenvalue weighted by Crippen LogP contribution is -2.23. The van der Waals surface area contributed by atoms with Crippen LogP contribution in [0.1, 0.15) is 64.4 Å². The van der Waals surface area contributed by atoms with E-state index in [4.69, 9.17) is 0 Å². The van der Waals surface area contributed by atoms with E-state index in [1.54, 1.807) is 0 Å². The quantitative estimate of drug-likeness (QED) is 0.679. The fraction of sp³-hybridized carbons (Fsp3) is 0.800. The summed E-state index contributed by atoms with van der Waals surface area (Å²) in [5, 5.41) is 3.47. The molecule has 0 saturated heterocycles. The van der Waals surface area contributed by atoms with Gasteiger partial charge in [0.15, 0.2) is 0 Å². The zero-order valence-corrected chi connectivity index (χ0v) is 12.5. The number of hydrogen-bond donors (Lipinski definition) is 1. The van der Waals surface area contributed by atoms with E-state index in [0.29, 0.717) is 6.04 Å². The molecule has 0 unspecified atom stereocenters. The number of hydrogen-bond acceptors (Lipinski definition) is 2. The first-order valence-electron chi connectivity index (χ1n) is 7.39. The van der Waals surface area contributed by atoms with Crippen molar-refractivity contribution in [3.05, 3.63) is 17.7 Å². The molecule has 1 N–H and O–H groups in total. The zero-order valence-electron chi connectivity index (χ0n) is 12.5. The van der Waals surface area contributed by atoms with E-state index in [9.17, 15) is 0 Å². The highest BCUT2D eigenvalue weighted by molar-refractivity contribution is 5.04. The van der Waals surface area contributed by atoms with Gasteiger partial charge in [0.25, 0.3) is 0 Å². The van der Waals surface area contributed by atoms with Crippen LogP contribution in [0.4, 0.5) is 0 Å². The fourth-order valence-corrected chi connectivity index (χ4v) is 2.14. The number of aryl methyl sites for hydroxylation is 1. The second kappa shape index (κ2) is 8.30. The summed E-state index contributed by atoms with van der Waals surface area (Å²) in [6.07, 6.45) is 8.66. The molecule has 0 fully saturated rings. The molecule has 0 radical (unpaired) electrons. The highest BCUT2D eigenvalue weighted by Crippen LogP contribution is 2.09. The topological polar surface area (TPSA) is 29.9 Å². The Morgan fingerprint density at radius 1 is 1.22 bits per heavy atom. The van der Waals surface area contributed by atoms with Crippen LogP contribution >= 0.6 is 0 Å². The monoisotopic (exact) mass is 251 g/mol. The Labute approximate surface area is 112 Å². The van der Waals surface area contributed by atoms with Gasteiger partial charge in [-0.3, -0.25) is 0 Å². The molecule has 1 aromatic heterocycles. The molecule has 0 aromatic carbocycles. The minimum Gasteiger partial charge on any atom is -0.331 e. The van der Waals surface area contributed by atoms with Gasteiger partial charge in [0, 0.05) is 25.3 Å². The third-order valence-electron chi connectivity index (χ3n) is 3.31. The summed E-state index contributed by atoms with van der Waals surface area (Å²) in [5.74, 6) is 1.14. The van der Waals surface area contributed by atoms with Crippen LogP contribution < -0.4 is 5.32 Å². The van der Waals surface area contributed by atoms with Crippen LogP contribution in [0.2, 0.25) is 0 Å². The molecule has 0 saturated carbocycles. The van der Waals surface area contributed by atoms with Crippen LogP contribution in [0.5, 0.6) is 0 Å². The minimum absolute atomic E-state index is 0.526. The van der Waals surface area contributed by atoms with E-state index < -0.39 is 0 Å². The summed E-state index contributed by atoms with van der Waals surface area (Å²) in [4.78, 5) is 4.43. The first-order valence-corrected chi connectivity index (χ1v) is 7.39. The summed E-state index contributed by atoms with van der Waals surface area (Å²) in [6.45, 7) is 10.8. The standard InChI is InChI=1S/C15H29N3/c1-5-6-7-8-9-10-18-14(4)17-12-15(18)11-16-13(2)3/h12-13,16H,5-11H2,1-4H3. The third kappa shape index (κ3) is 5.21. The molecule has 0 amide bonds. The van der Waals surface area contributed by atoms with Gasteiger partial charge in [0.2, 0.25) is 0 Å². The Morgan fingerprint density at radius 2 is 1.94 bits per heavy atom. The molecule has 0 aliphatic carbocycles. The maximum atomic E-state index is 4.43. The lowest BCUT2D eigenvalue weighted by molar-refractivity contribution is 0.521. The highest BCUT2D eigenvalue weighted by Gasteiger charge is 2.06. The molecule has 0 aliphatic heterocycles. The lowest BCUT2D eigenvalue weighted by atomic mass is 10.1. The maximum Gasteiger partial charge on any atom is 0.105 e. The molecule has 0 spiro atoms. The molecule has 3 heteroatoms. The van der Waals surface area contributed by atoms with E-state index in [2.05, 4.69) is 42.6 Å². The molecule has 0 bridgehead atoms. The summed E-state index contributed by atoms with van der Waals surface area (Å²) < 4.78 is 2.36. The predicted molar refractivity (Wildman–Crippen MR) is 77.7 cm³/mol. The van der Waals surface area contributed by atoms with Crippen molar-refractivity contribution in [2.24, 2.45) is 0 Å². The van der Waals surface area contributed by atoms with Gasteiger partial charge >= 0.3 is 0 Å². The van der Waals surface area contributed by atoms with E-state index in [1.165, 1.54) is 37.8 Å². The van der Waals surface area contributed by atoms with Gasteiger partial charge in [-0.2, -0.15) is 0 Å². The van der Waals surface area contributed by atoms with Gasteiger partial charge in [0.1, 0.15) is 5.82 Å². The molecular weight excluding hydrogens is 222 g/mol. The lowest BCUT2D eigenvalue weighted by Gasteiger charge is -2.12. The first-order chi connectivity index (χ1) is 8.65. The van der Waals surface area contributed by atoms with Crippen molar-refractivity contribution in [1.82, 2.24) is 14.9 Å². The van der Waals surface area contributed by atoms with Crippen molar-refractivity contribution in [2.75, 3.05) is 0 Å². The van der Waals surface area contributed by atoms with Crippen LogP contribution in [-0.2, 0) is 13.1 Å². The number of aromatic nitrogens is 2. The van der Waals surface area contributed by atoms with Gasteiger partial charge in [-0.15, -0.1) is 0 Å². The van der Waals surface area contributed by atoms with Crippen molar-refractivity contribution in [2.45, 2.75) is 78.9 Å². The van der Waals surface area contributed by atoms with Gasteiger partial charge in [-0.05, 0) is 13.3 Å². The second-order valence-corrected chi connectivity index (χ2v) is 5.40. The van der Waals surface area contributed by atoms with Crippen LogP contribution in [0.15, 0.2) is 6.20 Å². The Balaban J connectivity index is 2.40. The molecule has 3 nitrogen and oxygen atoms in total. The number of unbranched alkanes of at least 4 members (excludes halogenated alkanes) is 4. The molecular formula is C15H29N3. The number of rotatable bonds is 9. The van der Waals surface area contributed by atoms with E-state index in [1.807, 2.05) is 6.20 Å². The average molecular weight is 251 g/mol. The maximum absolute atomic E-state index is 4.43. The van der Waals surface area contributed by atoms with Gasteiger partial charge in [0.05, 0.1) is 5.69 Å². The highest BCUT2D eigenvalue weighted by atomic mass is 15.1. The summed E-state index contributed by atoms with van der Waals surface area (Å²) in [6, 6.07) is 0.526. The number of nitrogens with one attached hydrogen (secondary N) is 1. The Kier molecular flexibility index (Phi) is 7.02. The van der Waals surface area contributed by atoms with Crippen molar-refractivity contribution in [1.29, 1.82) is 0 Å². The molecule has 104 valence electrons. The van der Waals surface area contributed by atoms with Crippen molar-refractivity contribution in [3.8, 4) is 0 Å². The largest absolute Gasteiger partial charge is 0.331 e. The fourth-order valence-electron chi connectivity index (χ4n) is 2.14. The van der Waals surface area contributed by atoms with Gasteiger partial charge in [-0.1, -0.05) is 46.5 Å². The molecule has 18 heavy (non-hydrogen) atoms. The van der Waals surface area contributed by atoms with Crippen molar-refractivity contribution < 1.29 is 0 Å². The normalized spacial score (nSPS) is 11.4. The molecule has 1 aromatic rings. The molecule has 1 heterocycles. The summed E-state index contributed by atoms with van der Waals surface area (Å²) in [7, 11) is 0. The van der Waals surface area contributed by atoms with Gasteiger partial charge < -0.3 is 9.88 Å². The minimum atomic E-state index is 0.526. The number of nitrogens with zero attached hydrogens (tertiary/aromatic N) is 2. The van der Waals surface area contributed by atoms with Crippen molar-refractivity contribution in [3.63, 3.8) is 0 Å². The summed E-state index contributed by atoms with van der Waals surface area (Å²) >= 11 is 0. The Hall–Kier alpha value is -0.830. The van der Waals surface area contributed by atoms with E-state index in [-0.39, 0.29) is 0 Å². The van der Waals surface area contributed by atoms with Crippen LogP contribution in [0, 0.1) is 6.92 Å². The molecule has 0 atom stereocenters. The van der Waals surface area contributed by atoms with E-state index in [0.717, 1.165) is 18.9 Å². The summed E-state index contributed by atoms with van der Waals surface area (Å²) in [5.41, 5.74) is 1.32. The van der Waals surface area contributed by atoms with Crippen molar-refractivity contribution >= 4 is 0 Å². The predicted octanol–water partition coefficient (Wildman–Crippen LogP) is 3.66. The number of imidazole rings is 1. The smallest absolute Gasteiger partial charge is 0.105 e. The average Bonchev–Trinajstić information content (AvgIpc) is 2.68. The SMILES string of the molecule is CCCCCCCn1c(CNC(C)C)cnc1C. The zero-order chi connectivity index (χ0) is 13.4.